The molecule has 3 aromatic rings. The van der Waals surface area contributed by atoms with Gasteiger partial charge < -0.3 is 4.90 Å². The van der Waals surface area contributed by atoms with Gasteiger partial charge in [-0.2, -0.15) is 15.2 Å². The highest BCUT2D eigenvalue weighted by Gasteiger charge is 2.23. The molecule has 1 aliphatic rings. The normalized spacial score (nSPS) is 13.6. The molecule has 0 atom stereocenters. The highest BCUT2D eigenvalue weighted by Crippen LogP contribution is 2.24. The molecule has 0 unspecified atom stereocenters. The van der Waals surface area contributed by atoms with E-state index in [2.05, 4.69) is 39.1 Å². The smallest absolute Gasteiger partial charge is 0.272 e. The number of hydrogen-bond donors (Lipinski definition) is 1. The first-order chi connectivity index (χ1) is 12.0. The number of hydrogen-bond acceptors (Lipinski definition) is 5. The topological polar surface area (TPSA) is 92.1 Å². The lowest BCUT2D eigenvalue weighted by atomic mass is 10.1. The first-order valence-corrected chi connectivity index (χ1v) is 8.55. The van der Waals surface area contributed by atoms with Crippen molar-refractivity contribution >= 4 is 11.7 Å². The second-order valence-electron chi connectivity index (χ2n) is 6.83. The number of nitrogens with zero attached hydrogens (tertiary/aromatic N) is 6. The van der Waals surface area contributed by atoms with Crippen LogP contribution in [-0.4, -0.2) is 47.6 Å². The average molecular weight is 339 g/mol. The molecular weight excluding hydrogens is 318 g/mol. The molecule has 0 aromatic carbocycles. The minimum atomic E-state index is -0.137. The summed E-state index contributed by atoms with van der Waals surface area (Å²) in [6, 6.07) is 1.81. The van der Waals surface area contributed by atoms with Gasteiger partial charge in [-0.3, -0.25) is 9.89 Å². The molecule has 4 rings (SSSR count). The number of carbonyl (C=O) groups is 1. The van der Waals surface area contributed by atoms with E-state index in [1.54, 1.807) is 22.5 Å². The quantitative estimate of drug-likeness (QED) is 0.781. The highest BCUT2D eigenvalue weighted by molar-refractivity contribution is 5.92. The number of aromatic nitrogens is 6. The molecule has 25 heavy (non-hydrogen) atoms. The lowest BCUT2D eigenvalue weighted by Crippen LogP contribution is -2.28. The van der Waals surface area contributed by atoms with Crippen LogP contribution in [0.15, 0.2) is 12.4 Å². The zero-order chi connectivity index (χ0) is 17.6. The Labute approximate surface area is 145 Å². The number of aryl methyl sites for hydroxylation is 1. The van der Waals surface area contributed by atoms with E-state index in [-0.39, 0.29) is 11.8 Å². The lowest BCUT2D eigenvalue weighted by Gasteiger charge is -2.17. The predicted molar refractivity (Wildman–Crippen MR) is 91.3 cm³/mol. The number of aromatic amines is 1. The van der Waals surface area contributed by atoms with Crippen LogP contribution in [0.25, 0.3) is 5.78 Å². The molecule has 8 nitrogen and oxygen atoms in total. The van der Waals surface area contributed by atoms with Crippen molar-refractivity contribution < 1.29 is 4.79 Å². The molecule has 8 heteroatoms. The van der Waals surface area contributed by atoms with Crippen molar-refractivity contribution in [2.75, 3.05) is 7.05 Å². The number of amides is 1. The number of nitrogens with one attached hydrogen (secondary N) is 1. The molecule has 1 aliphatic carbocycles. The third-order valence-corrected chi connectivity index (χ3v) is 4.72. The predicted octanol–water partition coefficient (Wildman–Crippen LogP) is 1.73. The Morgan fingerprint density at radius 1 is 1.40 bits per heavy atom. The van der Waals surface area contributed by atoms with Crippen LogP contribution in [0, 0.1) is 0 Å². The second-order valence-corrected chi connectivity index (χ2v) is 6.83. The molecule has 0 fully saturated rings. The Bertz CT molecular complexity index is 940. The van der Waals surface area contributed by atoms with E-state index in [1.807, 2.05) is 0 Å². The van der Waals surface area contributed by atoms with Gasteiger partial charge in [-0.05, 0) is 36.8 Å². The summed E-state index contributed by atoms with van der Waals surface area (Å²) in [5.41, 5.74) is 4.74. The molecule has 0 bridgehead atoms. The fraction of sp³-hybridized carbons (Fsp3) is 0.471. The molecule has 3 aromatic heterocycles. The zero-order valence-corrected chi connectivity index (χ0v) is 14.7. The first kappa shape index (κ1) is 15.7. The van der Waals surface area contributed by atoms with E-state index in [1.165, 1.54) is 17.6 Å². The van der Waals surface area contributed by atoms with Crippen molar-refractivity contribution in [3.8, 4) is 0 Å². The summed E-state index contributed by atoms with van der Waals surface area (Å²) < 4.78 is 1.68. The average Bonchev–Trinajstić information content (AvgIpc) is 3.30. The monoisotopic (exact) mass is 339 g/mol. The van der Waals surface area contributed by atoms with E-state index >= 15 is 0 Å². The maximum Gasteiger partial charge on any atom is 0.272 e. The number of H-pyrrole nitrogens is 1. The van der Waals surface area contributed by atoms with Crippen LogP contribution in [0.2, 0.25) is 0 Å². The van der Waals surface area contributed by atoms with Crippen molar-refractivity contribution in [1.29, 1.82) is 0 Å². The van der Waals surface area contributed by atoms with E-state index in [9.17, 15) is 4.79 Å². The van der Waals surface area contributed by atoms with Gasteiger partial charge in [0, 0.05) is 12.7 Å². The summed E-state index contributed by atoms with van der Waals surface area (Å²) in [6.07, 6.45) is 4.68. The number of fused-ring (bicyclic) bond motifs is 2. The van der Waals surface area contributed by atoms with E-state index < -0.39 is 0 Å². The summed E-state index contributed by atoms with van der Waals surface area (Å²) in [5, 5.41) is 11.7. The molecule has 1 amide bonds. The van der Waals surface area contributed by atoms with Gasteiger partial charge in [0.15, 0.2) is 0 Å². The summed E-state index contributed by atoms with van der Waals surface area (Å²) in [7, 11) is 1.78. The van der Waals surface area contributed by atoms with Crippen molar-refractivity contribution in [2.45, 2.75) is 45.6 Å². The summed E-state index contributed by atoms with van der Waals surface area (Å²) >= 11 is 0. The fourth-order valence-electron chi connectivity index (χ4n) is 3.37. The minimum absolute atomic E-state index is 0.137. The SMILES string of the molecule is CC(C)c1cc(C(=O)N(C)Cc2n[nH]c3c2CCC3)nc2ncnn12. The van der Waals surface area contributed by atoms with Crippen molar-refractivity contribution in [3.05, 3.63) is 40.7 Å². The van der Waals surface area contributed by atoms with Crippen molar-refractivity contribution in [1.82, 2.24) is 34.7 Å². The molecule has 0 radical (unpaired) electrons. The molecule has 1 N–H and O–H groups in total. The van der Waals surface area contributed by atoms with Gasteiger partial charge >= 0.3 is 0 Å². The van der Waals surface area contributed by atoms with Gasteiger partial charge in [0.2, 0.25) is 0 Å². The highest BCUT2D eigenvalue weighted by atomic mass is 16.2. The Balaban J connectivity index is 1.62. The van der Waals surface area contributed by atoms with Crippen LogP contribution >= 0.6 is 0 Å². The van der Waals surface area contributed by atoms with E-state index in [4.69, 9.17) is 0 Å². The molecule has 130 valence electrons. The van der Waals surface area contributed by atoms with Crippen LogP contribution in [0.5, 0.6) is 0 Å². The van der Waals surface area contributed by atoms with Crippen molar-refractivity contribution in [2.24, 2.45) is 0 Å². The molecule has 0 aliphatic heterocycles. The third-order valence-electron chi connectivity index (χ3n) is 4.72. The van der Waals surface area contributed by atoms with Crippen LogP contribution in [0.4, 0.5) is 0 Å². The second kappa shape index (κ2) is 5.94. The Morgan fingerprint density at radius 3 is 3.04 bits per heavy atom. The maximum absolute atomic E-state index is 12.9. The Hall–Kier alpha value is -2.77. The van der Waals surface area contributed by atoms with Crippen molar-refractivity contribution in [3.63, 3.8) is 0 Å². The van der Waals surface area contributed by atoms with Crippen LogP contribution in [0.3, 0.4) is 0 Å². The minimum Gasteiger partial charge on any atom is -0.334 e. The van der Waals surface area contributed by atoms with Crippen LogP contribution in [-0.2, 0) is 19.4 Å². The molecule has 3 heterocycles. The van der Waals surface area contributed by atoms with E-state index in [0.29, 0.717) is 18.0 Å². The number of rotatable bonds is 4. The zero-order valence-electron chi connectivity index (χ0n) is 14.7. The Morgan fingerprint density at radius 2 is 2.24 bits per heavy atom. The lowest BCUT2D eigenvalue weighted by molar-refractivity contribution is 0.0777. The van der Waals surface area contributed by atoms with Gasteiger partial charge in [-0.15, -0.1) is 0 Å². The number of carbonyl (C=O) groups excluding carboxylic acids is 1. The Kier molecular flexibility index (Phi) is 3.74. The first-order valence-electron chi connectivity index (χ1n) is 8.55. The molecule has 0 spiro atoms. The standard InChI is InChI=1S/C17H21N7O/c1-10(2)15-7-13(20-17-18-9-19-24(15)17)16(25)23(3)8-14-11-5-4-6-12(11)21-22-14/h7,9-10H,4-6,8H2,1-3H3,(H,21,22). The largest absolute Gasteiger partial charge is 0.334 e. The van der Waals surface area contributed by atoms with E-state index in [0.717, 1.165) is 30.7 Å². The van der Waals surface area contributed by atoms with Crippen LogP contribution in [0.1, 0.15) is 59.3 Å². The fourth-order valence-corrected chi connectivity index (χ4v) is 3.37. The van der Waals surface area contributed by atoms with Gasteiger partial charge in [-0.25, -0.2) is 9.50 Å². The van der Waals surface area contributed by atoms with Gasteiger partial charge in [0.1, 0.15) is 12.0 Å². The molecular formula is C17H21N7O. The summed E-state index contributed by atoms with van der Waals surface area (Å²) in [6.45, 7) is 4.59. The third kappa shape index (κ3) is 2.67. The van der Waals surface area contributed by atoms with Crippen LogP contribution < -0.4 is 0 Å². The maximum atomic E-state index is 12.9. The summed E-state index contributed by atoms with van der Waals surface area (Å²) in [5.74, 6) is 0.518. The summed E-state index contributed by atoms with van der Waals surface area (Å²) in [4.78, 5) is 23.1. The molecule has 0 saturated carbocycles. The molecule has 0 saturated heterocycles. The van der Waals surface area contributed by atoms with Gasteiger partial charge in [0.05, 0.1) is 17.9 Å². The van der Waals surface area contributed by atoms with Gasteiger partial charge in [-0.1, -0.05) is 13.8 Å². The van der Waals surface area contributed by atoms with Gasteiger partial charge in [0.25, 0.3) is 11.7 Å².